The van der Waals surface area contributed by atoms with E-state index in [4.69, 9.17) is 9.47 Å². The molecule has 0 aliphatic carbocycles. The van der Waals surface area contributed by atoms with Gasteiger partial charge in [-0.25, -0.2) is 0 Å². The maximum atomic E-state index is 5.42. The molecule has 0 unspecified atom stereocenters. The van der Waals surface area contributed by atoms with Crippen LogP contribution < -0.4 is 14.4 Å². The van der Waals surface area contributed by atoms with E-state index in [0.717, 1.165) is 50.6 Å². The molecule has 2 aromatic rings. The zero-order valence-corrected chi connectivity index (χ0v) is 19.5. The average molecular weight is 437 g/mol. The van der Waals surface area contributed by atoms with Crippen LogP contribution in [0.4, 0.5) is 5.69 Å². The SMILES string of the molecule is COc1ccc(CCN2CCN(c3ccccc3SC(C)C)CC2)cc1OC.Cl. The van der Waals surface area contributed by atoms with Crippen molar-refractivity contribution in [1.29, 1.82) is 0 Å². The van der Waals surface area contributed by atoms with Gasteiger partial charge in [0.15, 0.2) is 11.5 Å². The second-order valence-corrected chi connectivity index (χ2v) is 9.02. The summed E-state index contributed by atoms with van der Waals surface area (Å²) in [5.41, 5.74) is 2.68. The number of anilines is 1. The largest absolute Gasteiger partial charge is 0.493 e. The highest BCUT2D eigenvalue weighted by atomic mass is 35.5. The van der Waals surface area contributed by atoms with Crippen molar-refractivity contribution >= 4 is 29.9 Å². The summed E-state index contributed by atoms with van der Waals surface area (Å²) in [7, 11) is 3.37. The fourth-order valence-corrected chi connectivity index (χ4v) is 4.59. The molecule has 1 saturated heterocycles. The number of nitrogens with zero attached hydrogens (tertiary/aromatic N) is 2. The molecular weight excluding hydrogens is 404 g/mol. The quantitative estimate of drug-likeness (QED) is 0.543. The summed E-state index contributed by atoms with van der Waals surface area (Å²) < 4.78 is 10.8. The molecule has 29 heavy (non-hydrogen) atoms. The Balaban J connectivity index is 0.00000300. The molecule has 0 bridgehead atoms. The Morgan fingerprint density at radius 2 is 1.62 bits per heavy atom. The molecule has 0 aromatic heterocycles. The van der Waals surface area contributed by atoms with Gasteiger partial charge in [-0.2, -0.15) is 0 Å². The van der Waals surface area contributed by atoms with E-state index in [1.807, 2.05) is 17.8 Å². The summed E-state index contributed by atoms with van der Waals surface area (Å²) in [6.07, 6.45) is 1.03. The Bertz CT molecular complexity index is 764. The number of thioether (sulfide) groups is 1. The smallest absolute Gasteiger partial charge is 0.160 e. The molecule has 0 radical (unpaired) electrons. The van der Waals surface area contributed by atoms with E-state index in [2.05, 4.69) is 60.0 Å². The van der Waals surface area contributed by atoms with Crippen LogP contribution in [-0.4, -0.2) is 57.1 Å². The Kier molecular flexibility index (Phi) is 9.47. The van der Waals surface area contributed by atoms with Gasteiger partial charge in [-0.3, -0.25) is 4.90 Å². The van der Waals surface area contributed by atoms with Crippen molar-refractivity contribution in [3.8, 4) is 11.5 Å². The van der Waals surface area contributed by atoms with Crippen LogP contribution in [0.3, 0.4) is 0 Å². The Morgan fingerprint density at radius 3 is 2.28 bits per heavy atom. The number of benzene rings is 2. The van der Waals surface area contributed by atoms with Gasteiger partial charge in [0.1, 0.15) is 0 Å². The molecule has 1 aliphatic heterocycles. The van der Waals surface area contributed by atoms with E-state index in [1.54, 1.807) is 14.2 Å². The molecular formula is C23H33ClN2O2S. The third kappa shape index (κ3) is 6.46. The van der Waals surface area contributed by atoms with Crippen molar-refractivity contribution in [3.63, 3.8) is 0 Å². The lowest BCUT2D eigenvalue weighted by molar-refractivity contribution is 0.260. The predicted molar refractivity (Wildman–Crippen MR) is 127 cm³/mol. The normalized spacial score (nSPS) is 14.6. The van der Waals surface area contributed by atoms with E-state index in [0.29, 0.717) is 5.25 Å². The lowest BCUT2D eigenvalue weighted by atomic mass is 10.1. The minimum Gasteiger partial charge on any atom is -0.493 e. The summed E-state index contributed by atoms with van der Waals surface area (Å²) >= 11 is 1.96. The number of hydrogen-bond acceptors (Lipinski definition) is 5. The first kappa shape index (κ1) is 23.7. The van der Waals surface area contributed by atoms with E-state index in [-0.39, 0.29) is 12.4 Å². The summed E-state index contributed by atoms with van der Waals surface area (Å²) in [6, 6.07) is 15.0. The number of methoxy groups -OCH3 is 2. The van der Waals surface area contributed by atoms with Gasteiger partial charge in [-0.05, 0) is 36.2 Å². The molecule has 0 spiro atoms. The summed E-state index contributed by atoms with van der Waals surface area (Å²) in [6.45, 7) is 9.97. The molecule has 1 aliphatic rings. The topological polar surface area (TPSA) is 24.9 Å². The van der Waals surface area contributed by atoms with Gasteiger partial charge in [-0.1, -0.05) is 32.0 Å². The summed E-state index contributed by atoms with van der Waals surface area (Å²) in [5, 5.41) is 0.601. The number of halogens is 1. The maximum Gasteiger partial charge on any atom is 0.160 e. The van der Waals surface area contributed by atoms with E-state index < -0.39 is 0 Å². The number of piperazine rings is 1. The highest BCUT2D eigenvalue weighted by Gasteiger charge is 2.19. The van der Waals surface area contributed by atoms with Gasteiger partial charge >= 0.3 is 0 Å². The second-order valence-electron chi connectivity index (χ2n) is 7.40. The van der Waals surface area contributed by atoms with E-state index in [1.165, 1.54) is 16.1 Å². The van der Waals surface area contributed by atoms with Crippen molar-refractivity contribution in [2.24, 2.45) is 0 Å². The first-order valence-corrected chi connectivity index (χ1v) is 10.9. The average Bonchev–Trinajstić information content (AvgIpc) is 2.72. The number of para-hydroxylation sites is 1. The minimum absolute atomic E-state index is 0. The van der Waals surface area contributed by atoms with Crippen LogP contribution in [-0.2, 0) is 6.42 Å². The summed E-state index contributed by atoms with van der Waals surface area (Å²) in [5.74, 6) is 1.60. The number of ether oxygens (including phenoxy) is 2. The van der Waals surface area contributed by atoms with Crippen molar-refractivity contribution in [2.75, 3.05) is 51.8 Å². The van der Waals surface area contributed by atoms with Gasteiger partial charge < -0.3 is 14.4 Å². The van der Waals surface area contributed by atoms with Crippen molar-refractivity contribution < 1.29 is 9.47 Å². The minimum atomic E-state index is 0. The Labute approximate surface area is 186 Å². The molecule has 1 fully saturated rings. The molecule has 3 rings (SSSR count). The maximum absolute atomic E-state index is 5.42. The zero-order chi connectivity index (χ0) is 19.9. The van der Waals surface area contributed by atoms with Gasteiger partial charge in [0.25, 0.3) is 0 Å². The molecule has 0 saturated carbocycles. The molecule has 0 amide bonds. The fourth-order valence-electron chi connectivity index (χ4n) is 3.61. The third-order valence-electron chi connectivity index (χ3n) is 5.11. The Hall–Kier alpha value is -1.56. The van der Waals surface area contributed by atoms with E-state index >= 15 is 0 Å². The highest BCUT2D eigenvalue weighted by molar-refractivity contribution is 8.00. The van der Waals surface area contributed by atoms with Crippen LogP contribution >= 0.6 is 24.2 Å². The summed E-state index contributed by atoms with van der Waals surface area (Å²) in [4.78, 5) is 6.50. The molecule has 0 atom stereocenters. The highest BCUT2D eigenvalue weighted by Crippen LogP contribution is 2.33. The fraction of sp³-hybridized carbons (Fsp3) is 0.478. The van der Waals surface area contributed by atoms with Crippen LogP contribution in [0.1, 0.15) is 19.4 Å². The van der Waals surface area contributed by atoms with Crippen LogP contribution in [0.25, 0.3) is 0 Å². The van der Waals surface area contributed by atoms with Crippen molar-refractivity contribution in [3.05, 3.63) is 48.0 Å². The zero-order valence-electron chi connectivity index (χ0n) is 17.9. The van der Waals surface area contributed by atoms with Gasteiger partial charge in [0.2, 0.25) is 0 Å². The molecule has 4 nitrogen and oxygen atoms in total. The second kappa shape index (κ2) is 11.6. The molecule has 160 valence electrons. The monoisotopic (exact) mass is 436 g/mol. The predicted octanol–water partition coefficient (Wildman–Crippen LogP) is 4.99. The molecule has 0 N–H and O–H groups in total. The lowest BCUT2D eigenvalue weighted by Gasteiger charge is -2.37. The first-order chi connectivity index (χ1) is 13.6. The molecule has 6 heteroatoms. The number of rotatable bonds is 8. The third-order valence-corrected chi connectivity index (χ3v) is 6.18. The van der Waals surface area contributed by atoms with Crippen LogP contribution in [0.2, 0.25) is 0 Å². The van der Waals surface area contributed by atoms with Gasteiger partial charge in [0, 0.05) is 42.9 Å². The van der Waals surface area contributed by atoms with Crippen LogP contribution in [0.5, 0.6) is 11.5 Å². The lowest BCUT2D eigenvalue weighted by Crippen LogP contribution is -2.47. The van der Waals surface area contributed by atoms with Gasteiger partial charge in [-0.15, -0.1) is 24.2 Å². The Morgan fingerprint density at radius 1 is 0.931 bits per heavy atom. The van der Waals surface area contributed by atoms with Crippen LogP contribution in [0, 0.1) is 0 Å². The molecule has 2 aromatic carbocycles. The number of hydrogen-bond donors (Lipinski definition) is 0. The van der Waals surface area contributed by atoms with E-state index in [9.17, 15) is 0 Å². The van der Waals surface area contributed by atoms with Gasteiger partial charge in [0.05, 0.1) is 19.9 Å². The molecule has 1 heterocycles. The standard InChI is InChI=1S/C23H32N2O2S.ClH/c1-18(2)28-23-8-6-5-7-20(23)25-15-13-24(14-16-25)12-11-19-9-10-21(26-3)22(17-19)27-4;/h5-10,17-18H,11-16H2,1-4H3;1H. The first-order valence-electron chi connectivity index (χ1n) is 10.0. The van der Waals surface area contributed by atoms with Crippen molar-refractivity contribution in [1.82, 2.24) is 4.90 Å². The van der Waals surface area contributed by atoms with Crippen molar-refractivity contribution in [2.45, 2.75) is 30.4 Å². The van der Waals surface area contributed by atoms with Crippen LogP contribution in [0.15, 0.2) is 47.4 Å².